The highest BCUT2D eigenvalue weighted by Crippen LogP contribution is 2.31. The number of benzene rings is 1. The minimum Gasteiger partial charge on any atom is -0.361 e. The van der Waals surface area contributed by atoms with Crippen LogP contribution in [0.2, 0.25) is 0 Å². The van der Waals surface area contributed by atoms with E-state index in [4.69, 9.17) is 12.2 Å². The number of aromatic nitrogens is 1. The Hall–Kier alpha value is -1.62. The minimum absolute atomic E-state index is 0.464. The van der Waals surface area contributed by atoms with Gasteiger partial charge in [-0.1, -0.05) is 24.4 Å². The molecule has 1 aromatic heterocycles. The number of H-pyrrole nitrogens is 1. The van der Waals surface area contributed by atoms with E-state index in [2.05, 4.69) is 4.98 Å². The third kappa shape index (κ3) is 2.74. The second kappa shape index (κ2) is 4.33. The van der Waals surface area contributed by atoms with Crippen molar-refractivity contribution in [1.29, 1.82) is 0 Å². The first-order valence-corrected chi connectivity index (χ1v) is 5.24. The molecule has 0 bridgehead atoms. The summed E-state index contributed by atoms with van der Waals surface area (Å²) in [7, 11) is 0. The smallest absolute Gasteiger partial charge is 0.361 e. The Morgan fingerprint density at radius 3 is 2.47 bits per heavy atom. The van der Waals surface area contributed by atoms with E-state index in [1.807, 2.05) is 0 Å². The van der Waals surface area contributed by atoms with Gasteiger partial charge in [-0.15, -0.1) is 0 Å². The second-order valence-corrected chi connectivity index (χ2v) is 3.99. The van der Waals surface area contributed by atoms with Gasteiger partial charge in [0.1, 0.15) is 0 Å². The van der Waals surface area contributed by atoms with Crippen molar-refractivity contribution >= 4 is 12.2 Å². The summed E-state index contributed by atoms with van der Waals surface area (Å²) in [6.45, 7) is 0. The third-order valence-corrected chi connectivity index (χ3v) is 2.53. The third-order valence-electron chi connectivity index (χ3n) is 2.27. The van der Waals surface area contributed by atoms with E-state index >= 15 is 0 Å². The summed E-state index contributed by atoms with van der Waals surface area (Å²) in [6.07, 6.45) is -2.72. The first-order valence-electron chi connectivity index (χ1n) is 4.83. The van der Waals surface area contributed by atoms with Crippen LogP contribution in [0, 0.1) is 4.51 Å². The maximum absolute atomic E-state index is 12.5. The average molecular weight is 255 g/mol. The molecule has 5 heteroatoms. The van der Waals surface area contributed by atoms with Gasteiger partial charge >= 0.3 is 6.18 Å². The standard InChI is InChI=1S/C12H8F3NS/c13-12(14,15)9-3-1-2-8(6-9)11-7-10(17)4-5-16-11/h1-7H,(H,16,17). The Labute approximate surface area is 101 Å². The lowest BCUT2D eigenvalue weighted by atomic mass is 10.1. The van der Waals surface area contributed by atoms with Crippen molar-refractivity contribution in [2.45, 2.75) is 6.18 Å². The van der Waals surface area contributed by atoms with E-state index in [9.17, 15) is 13.2 Å². The molecule has 1 nitrogen and oxygen atoms in total. The number of rotatable bonds is 1. The van der Waals surface area contributed by atoms with Crippen LogP contribution in [0.5, 0.6) is 0 Å². The topological polar surface area (TPSA) is 15.8 Å². The van der Waals surface area contributed by atoms with E-state index in [-0.39, 0.29) is 0 Å². The molecule has 0 unspecified atom stereocenters. The lowest BCUT2D eigenvalue weighted by Gasteiger charge is -2.08. The van der Waals surface area contributed by atoms with E-state index in [1.165, 1.54) is 6.07 Å². The van der Waals surface area contributed by atoms with Crippen LogP contribution < -0.4 is 0 Å². The van der Waals surface area contributed by atoms with Gasteiger partial charge in [-0.3, -0.25) is 0 Å². The number of aromatic amines is 1. The molecule has 17 heavy (non-hydrogen) atoms. The summed E-state index contributed by atoms with van der Waals surface area (Å²) in [6, 6.07) is 8.43. The van der Waals surface area contributed by atoms with Crippen LogP contribution in [0.15, 0.2) is 42.6 Å². The summed E-state index contributed by atoms with van der Waals surface area (Å²) in [5, 5.41) is 0. The van der Waals surface area contributed by atoms with Crippen LogP contribution in [-0.4, -0.2) is 4.98 Å². The van der Waals surface area contributed by atoms with Crippen molar-refractivity contribution in [2.75, 3.05) is 0 Å². The Bertz CT molecular complexity index is 587. The molecule has 0 fully saturated rings. The van der Waals surface area contributed by atoms with E-state index in [1.54, 1.807) is 24.4 Å². The van der Waals surface area contributed by atoms with E-state index in [0.29, 0.717) is 15.8 Å². The number of hydrogen-bond acceptors (Lipinski definition) is 1. The molecule has 0 saturated heterocycles. The molecule has 1 N–H and O–H groups in total. The molecular formula is C12H8F3NS. The Kier molecular flexibility index (Phi) is 3.02. The lowest BCUT2D eigenvalue weighted by Crippen LogP contribution is -2.04. The molecule has 2 aromatic rings. The monoisotopic (exact) mass is 255 g/mol. The quantitative estimate of drug-likeness (QED) is 0.745. The molecule has 88 valence electrons. The summed E-state index contributed by atoms with van der Waals surface area (Å²) in [5.74, 6) is 0. The number of pyridine rings is 1. The van der Waals surface area contributed by atoms with Gasteiger partial charge in [0, 0.05) is 16.4 Å². The zero-order valence-corrected chi connectivity index (χ0v) is 9.40. The maximum atomic E-state index is 12.5. The first kappa shape index (κ1) is 11.9. The highest BCUT2D eigenvalue weighted by molar-refractivity contribution is 7.71. The van der Waals surface area contributed by atoms with Crippen molar-refractivity contribution < 1.29 is 13.2 Å². The van der Waals surface area contributed by atoms with Crippen LogP contribution in [-0.2, 0) is 6.18 Å². The Morgan fingerprint density at radius 2 is 1.82 bits per heavy atom. The number of halogens is 3. The fraction of sp³-hybridized carbons (Fsp3) is 0.0833. The van der Waals surface area contributed by atoms with Crippen LogP contribution in [0.25, 0.3) is 11.3 Å². The molecule has 0 amide bonds. The minimum atomic E-state index is -4.33. The molecule has 2 rings (SSSR count). The SMILES string of the molecule is FC(F)(F)c1cccc(-c2cc(=S)cc[nH]2)c1. The Morgan fingerprint density at radius 1 is 1.06 bits per heavy atom. The summed E-state index contributed by atoms with van der Waals surface area (Å²) in [5.41, 5.74) is 0.369. The lowest BCUT2D eigenvalue weighted by molar-refractivity contribution is -0.137. The number of hydrogen-bond donors (Lipinski definition) is 1. The molecular weight excluding hydrogens is 247 g/mol. The fourth-order valence-electron chi connectivity index (χ4n) is 1.48. The van der Waals surface area contributed by atoms with Gasteiger partial charge in [-0.2, -0.15) is 13.2 Å². The predicted octanol–water partition coefficient (Wildman–Crippen LogP) is 4.43. The van der Waals surface area contributed by atoms with Crippen LogP contribution in [0.1, 0.15) is 5.56 Å². The number of nitrogens with one attached hydrogen (secondary N) is 1. The molecule has 0 saturated carbocycles. The molecule has 0 spiro atoms. The largest absolute Gasteiger partial charge is 0.416 e. The zero-order valence-electron chi connectivity index (χ0n) is 8.58. The van der Waals surface area contributed by atoms with Gasteiger partial charge in [0.2, 0.25) is 0 Å². The Balaban J connectivity index is 2.51. The fourth-order valence-corrected chi connectivity index (χ4v) is 1.66. The van der Waals surface area contributed by atoms with Crippen molar-refractivity contribution in [1.82, 2.24) is 4.98 Å². The van der Waals surface area contributed by atoms with Gasteiger partial charge in [0.05, 0.1) is 5.56 Å². The van der Waals surface area contributed by atoms with E-state index in [0.717, 1.165) is 12.1 Å². The molecule has 0 aliphatic rings. The zero-order chi connectivity index (χ0) is 12.5. The maximum Gasteiger partial charge on any atom is 0.416 e. The highest BCUT2D eigenvalue weighted by atomic mass is 32.1. The van der Waals surface area contributed by atoms with Gasteiger partial charge in [0.25, 0.3) is 0 Å². The molecule has 0 atom stereocenters. The first-order chi connectivity index (χ1) is 7.97. The summed E-state index contributed by atoms with van der Waals surface area (Å²) in [4.78, 5) is 2.87. The molecule has 1 aromatic carbocycles. The second-order valence-electron chi connectivity index (χ2n) is 3.52. The molecule has 0 aliphatic heterocycles. The summed E-state index contributed by atoms with van der Waals surface area (Å²) >= 11 is 4.96. The predicted molar refractivity (Wildman–Crippen MR) is 62.1 cm³/mol. The van der Waals surface area contributed by atoms with Crippen molar-refractivity contribution in [3.63, 3.8) is 0 Å². The number of alkyl halides is 3. The molecule has 0 radical (unpaired) electrons. The van der Waals surface area contributed by atoms with Crippen molar-refractivity contribution in [3.05, 3.63) is 52.7 Å². The molecule has 0 aliphatic carbocycles. The van der Waals surface area contributed by atoms with Crippen LogP contribution in [0.3, 0.4) is 0 Å². The van der Waals surface area contributed by atoms with Gasteiger partial charge < -0.3 is 4.98 Å². The molecule has 1 heterocycles. The van der Waals surface area contributed by atoms with Gasteiger partial charge in [-0.05, 0) is 29.8 Å². The van der Waals surface area contributed by atoms with Crippen LogP contribution in [0.4, 0.5) is 13.2 Å². The van der Waals surface area contributed by atoms with E-state index < -0.39 is 11.7 Å². The summed E-state index contributed by atoms with van der Waals surface area (Å²) < 4.78 is 38.2. The van der Waals surface area contributed by atoms with Gasteiger partial charge in [-0.25, -0.2) is 0 Å². The van der Waals surface area contributed by atoms with Crippen molar-refractivity contribution in [3.8, 4) is 11.3 Å². The average Bonchev–Trinajstić information content (AvgIpc) is 2.28. The van der Waals surface area contributed by atoms with Crippen LogP contribution >= 0.6 is 12.2 Å². The van der Waals surface area contributed by atoms with Crippen molar-refractivity contribution in [2.24, 2.45) is 0 Å². The normalized spacial score (nSPS) is 11.5. The van der Waals surface area contributed by atoms with Gasteiger partial charge in [0.15, 0.2) is 0 Å². The highest BCUT2D eigenvalue weighted by Gasteiger charge is 2.30.